The van der Waals surface area contributed by atoms with Crippen molar-refractivity contribution in [2.75, 3.05) is 0 Å². The summed E-state index contributed by atoms with van der Waals surface area (Å²) >= 11 is 0. The largest absolute Gasteiger partial charge is 0.383 e. The predicted octanol–water partition coefficient (Wildman–Crippen LogP) is 1.99. The number of aliphatic hydroxyl groups is 3. The topological polar surface area (TPSA) is 282 Å². The number of carbonyl (C=O) groups excluding carboxylic acids is 7. The van der Waals surface area contributed by atoms with E-state index in [0.717, 1.165) is 70.5 Å². The van der Waals surface area contributed by atoms with Crippen molar-refractivity contribution >= 4 is 41.2 Å². The lowest BCUT2D eigenvalue weighted by atomic mass is 9.90. The van der Waals surface area contributed by atoms with E-state index in [0.29, 0.717) is 50.1 Å². The highest BCUT2D eigenvalue weighted by molar-refractivity contribution is 5.84. The van der Waals surface area contributed by atoms with Gasteiger partial charge in [-0.3, -0.25) is 28.8 Å². The first-order valence-electron chi connectivity index (χ1n) is 18.8. The van der Waals surface area contributed by atoms with Crippen LogP contribution in [-0.4, -0.2) is 80.9 Å². The molecule has 52 heavy (non-hydrogen) atoms. The maximum atomic E-state index is 11.3. The maximum absolute atomic E-state index is 11.3. The quantitative estimate of drug-likeness (QED) is 0.110. The number of nitrogens with two attached hydrogens (primary N) is 3. The summed E-state index contributed by atoms with van der Waals surface area (Å²) in [6, 6.07) is 1.08. The van der Waals surface area contributed by atoms with Crippen LogP contribution in [0.1, 0.15) is 124 Å². The number of carbonyl (C=O) groups is 7. The molecule has 0 aromatic rings. The van der Waals surface area contributed by atoms with Crippen molar-refractivity contribution in [3.8, 4) is 6.07 Å². The van der Waals surface area contributed by atoms with Crippen LogP contribution in [-0.2, 0) is 33.6 Å². The molecule has 14 heteroatoms. The van der Waals surface area contributed by atoms with Crippen molar-refractivity contribution < 1.29 is 48.9 Å². The summed E-state index contributed by atoms with van der Waals surface area (Å²) in [7, 11) is 0. The Bertz CT molecular complexity index is 1200. The molecule has 3 unspecified atom stereocenters. The second-order valence-electron chi connectivity index (χ2n) is 15.2. The molecule has 2 amide bonds. The first kappa shape index (κ1) is 46.6. The van der Waals surface area contributed by atoms with Gasteiger partial charge in [-0.2, -0.15) is 5.26 Å². The maximum Gasteiger partial charge on any atom is 0.247 e. The molecule has 0 saturated heterocycles. The van der Waals surface area contributed by atoms with Gasteiger partial charge in [-0.15, -0.1) is 0 Å². The Labute approximate surface area is 307 Å². The second kappa shape index (κ2) is 24.0. The van der Waals surface area contributed by atoms with Gasteiger partial charge in [-0.25, -0.2) is 0 Å². The van der Waals surface area contributed by atoms with Crippen molar-refractivity contribution in [1.29, 1.82) is 5.26 Å². The van der Waals surface area contributed by atoms with Crippen molar-refractivity contribution in [3.05, 3.63) is 0 Å². The normalized spacial score (nSPS) is 26.5. The van der Waals surface area contributed by atoms with Crippen LogP contribution in [0.15, 0.2) is 0 Å². The smallest absolute Gasteiger partial charge is 0.247 e. The number of rotatable bonds is 14. The number of amides is 2. The van der Waals surface area contributed by atoms with E-state index in [4.69, 9.17) is 22.5 Å². The lowest BCUT2D eigenvalue weighted by Crippen LogP contribution is -2.45. The molecule has 0 aromatic heterocycles. The van der Waals surface area contributed by atoms with Gasteiger partial charge in [0.15, 0.2) is 0 Å². The molecular weight excluding hydrogens is 672 g/mol. The molecule has 4 aliphatic rings. The van der Waals surface area contributed by atoms with Crippen molar-refractivity contribution in [2.45, 2.75) is 148 Å². The number of Topliss-reactive ketones (excluding diaryl/α,β-unsaturated/α-hetero) is 4. The number of ketones is 4. The standard InChI is InChI=1S/C10H17NO3.C10H15NO2.C9H16N2O3.C9H14O2/c1-6(9(13)10(11)14)5-7-3-2-4-8(7)12;1-7(10(13)6-11)5-8-3-2-4-9(8)12;10-6(8(13)9(11)14)4-5-2-1-3-7(5)12;1-7(6-10)5-8-3-2-4-9(8)11/h6-7,9,13H,2-5H2,1H3,(H2,11,14);7-8,10,13H,2-5H2,1H3;5-6,8,13H,1-4,10H2,(H2,11,14);6-8H,2-5H2,1H3/t6-,7-,9?;7-,8-,10?;5-,6-,8?;7-,8-/m0000/s1. The lowest BCUT2D eigenvalue weighted by Gasteiger charge is -2.18. The Hall–Kier alpha value is -3.38. The number of hydrogen-bond acceptors (Lipinski definition) is 12. The molecule has 0 aliphatic heterocycles. The molecule has 4 fully saturated rings. The third kappa shape index (κ3) is 16.5. The van der Waals surface area contributed by atoms with E-state index in [9.17, 15) is 48.9 Å². The van der Waals surface area contributed by atoms with Crippen molar-refractivity contribution in [2.24, 2.45) is 58.6 Å². The zero-order valence-electron chi connectivity index (χ0n) is 31.1. The van der Waals surface area contributed by atoms with E-state index < -0.39 is 36.2 Å². The molecule has 4 aliphatic carbocycles. The van der Waals surface area contributed by atoms with Gasteiger partial charge in [-0.1, -0.05) is 20.8 Å². The zero-order valence-corrected chi connectivity index (χ0v) is 31.1. The lowest BCUT2D eigenvalue weighted by molar-refractivity contribution is -0.130. The number of hydrogen-bond donors (Lipinski definition) is 6. The molecule has 0 aromatic carbocycles. The molecule has 0 spiro atoms. The Morgan fingerprint density at radius 3 is 1.33 bits per heavy atom. The molecule has 4 rings (SSSR count). The van der Waals surface area contributed by atoms with Gasteiger partial charge < -0.3 is 37.3 Å². The van der Waals surface area contributed by atoms with Gasteiger partial charge in [0, 0.05) is 61.3 Å². The highest BCUT2D eigenvalue weighted by atomic mass is 16.3. The Morgan fingerprint density at radius 2 is 1.02 bits per heavy atom. The monoisotopic (exact) mass is 734 g/mol. The fraction of sp³-hybridized carbons (Fsp3) is 0.789. The number of aliphatic hydroxyl groups excluding tert-OH is 3. The minimum Gasteiger partial charge on any atom is -0.383 e. The molecule has 11 atom stereocenters. The van der Waals surface area contributed by atoms with Crippen LogP contribution in [0.25, 0.3) is 0 Å². The van der Waals surface area contributed by atoms with E-state index in [2.05, 4.69) is 0 Å². The minimum absolute atomic E-state index is 0.0269. The number of aldehydes is 1. The van der Waals surface area contributed by atoms with Crippen molar-refractivity contribution in [3.63, 3.8) is 0 Å². The molecule has 4 saturated carbocycles. The van der Waals surface area contributed by atoms with Crippen LogP contribution in [0.5, 0.6) is 0 Å². The molecule has 0 radical (unpaired) electrons. The Kier molecular flexibility index (Phi) is 21.6. The molecule has 0 bridgehead atoms. The highest BCUT2D eigenvalue weighted by Gasteiger charge is 2.32. The summed E-state index contributed by atoms with van der Waals surface area (Å²) in [4.78, 5) is 76.5. The molecule has 0 heterocycles. The van der Waals surface area contributed by atoms with Crippen LogP contribution in [0, 0.1) is 52.8 Å². The van der Waals surface area contributed by atoms with Crippen LogP contribution in [0.4, 0.5) is 0 Å². The average molecular weight is 735 g/mol. The summed E-state index contributed by atoms with van der Waals surface area (Å²) in [6.07, 6.45) is 9.96. The SMILES string of the molecule is C[C@@H](C[C@@H]1CCCC1=O)C(O)C#N.C[C@@H](C[C@@H]1CCCC1=O)C(O)C(N)=O.C[C@H](C=O)C[C@@H]1CCCC1=O.NC(=O)C(O)[C@@H](N)C[C@@H]1CCCC1=O. The van der Waals surface area contributed by atoms with Crippen molar-refractivity contribution in [1.82, 2.24) is 0 Å². The number of nitriles is 1. The van der Waals surface area contributed by atoms with Gasteiger partial charge in [0.05, 0.1) is 6.07 Å². The summed E-state index contributed by atoms with van der Waals surface area (Å²) < 4.78 is 0. The Morgan fingerprint density at radius 1 is 0.673 bits per heavy atom. The van der Waals surface area contributed by atoms with Gasteiger partial charge in [-0.05, 0) is 88.9 Å². The van der Waals surface area contributed by atoms with E-state index in [-0.39, 0.29) is 53.0 Å². The summed E-state index contributed by atoms with van der Waals surface area (Å²) in [6.45, 7) is 5.44. The number of nitrogens with zero attached hydrogens (tertiary/aromatic N) is 1. The summed E-state index contributed by atoms with van der Waals surface area (Å²) in [5.41, 5.74) is 15.4. The average Bonchev–Trinajstić information content (AvgIpc) is 3.91. The van der Waals surface area contributed by atoms with E-state index in [1.807, 2.05) is 13.8 Å². The molecule has 14 nitrogen and oxygen atoms in total. The zero-order chi connectivity index (χ0) is 39.5. The first-order chi connectivity index (χ1) is 24.4. The predicted molar refractivity (Wildman–Crippen MR) is 191 cm³/mol. The summed E-state index contributed by atoms with van der Waals surface area (Å²) in [5, 5.41) is 36.2. The molecular formula is C38H62N4O10. The third-order valence-electron chi connectivity index (χ3n) is 10.7. The third-order valence-corrected chi connectivity index (χ3v) is 10.7. The number of primary amides is 2. The van der Waals surface area contributed by atoms with Gasteiger partial charge in [0.25, 0.3) is 0 Å². The van der Waals surface area contributed by atoms with Gasteiger partial charge in [0.1, 0.15) is 47.7 Å². The van der Waals surface area contributed by atoms with Crippen LogP contribution < -0.4 is 17.2 Å². The first-order valence-corrected chi connectivity index (χ1v) is 18.8. The van der Waals surface area contributed by atoms with Gasteiger partial charge in [0.2, 0.25) is 11.8 Å². The minimum atomic E-state index is -1.34. The highest BCUT2D eigenvalue weighted by Crippen LogP contribution is 2.30. The Balaban J connectivity index is 0.000000348. The van der Waals surface area contributed by atoms with E-state index >= 15 is 0 Å². The second-order valence-corrected chi connectivity index (χ2v) is 15.2. The van der Waals surface area contributed by atoms with Crippen LogP contribution >= 0.6 is 0 Å². The van der Waals surface area contributed by atoms with Crippen LogP contribution in [0.3, 0.4) is 0 Å². The van der Waals surface area contributed by atoms with Crippen LogP contribution in [0.2, 0.25) is 0 Å². The molecule has 294 valence electrons. The van der Waals surface area contributed by atoms with Gasteiger partial charge >= 0.3 is 0 Å². The fourth-order valence-corrected chi connectivity index (χ4v) is 7.28. The molecule has 9 N–H and O–H groups in total. The van der Waals surface area contributed by atoms with E-state index in [1.165, 1.54) is 0 Å². The van der Waals surface area contributed by atoms with E-state index in [1.54, 1.807) is 13.0 Å². The fourth-order valence-electron chi connectivity index (χ4n) is 7.28. The summed E-state index contributed by atoms with van der Waals surface area (Å²) in [5.74, 6) is -0.475.